The minimum absolute atomic E-state index is 0.0328. The number of rotatable bonds is 4. The Balaban J connectivity index is 1.56. The van der Waals surface area contributed by atoms with E-state index >= 15 is 0 Å². The number of aryl methyl sites for hydroxylation is 2. The van der Waals surface area contributed by atoms with E-state index in [1.165, 1.54) is 30.0 Å². The van der Waals surface area contributed by atoms with Crippen molar-refractivity contribution >= 4 is 57.1 Å². The lowest BCUT2D eigenvalue weighted by atomic mass is 10.1. The lowest BCUT2D eigenvalue weighted by Crippen LogP contribution is -2.16. The molecular weight excluding hydrogens is 445 g/mol. The summed E-state index contributed by atoms with van der Waals surface area (Å²) in [6.45, 7) is 4.11. The molecule has 4 nitrogen and oxygen atoms in total. The molecule has 1 amide bonds. The average molecular weight is 466 g/mol. The van der Waals surface area contributed by atoms with Crippen LogP contribution in [0.5, 0.6) is 0 Å². The molecule has 1 N–H and O–H groups in total. The zero-order chi connectivity index (χ0) is 22.7. The van der Waals surface area contributed by atoms with Crippen molar-refractivity contribution in [3.8, 4) is 0 Å². The Morgan fingerprint density at radius 1 is 1.03 bits per heavy atom. The third-order valence-electron chi connectivity index (χ3n) is 5.09. The molecule has 3 aromatic carbocycles. The Hall–Kier alpha value is -2.96. The topological polar surface area (TPSA) is 53.8 Å². The quantitative estimate of drug-likeness (QED) is 0.450. The van der Waals surface area contributed by atoms with Crippen molar-refractivity contribution in [2.75, 3.05) is 11.1 Å². The molecule has 1 aliphatic heterocycles. The van der Waals surface area contributed by atoms with E-state index in [-0.39, 0.29) is 16.7 Å². The van der Waals surface area contributed by atoms with E-state index in [1.54, 1.807) is 0 Å². The van der Waals surface area contributed by atoms with Gasteiger partial charge in [0, 0.05) is 12.1 Å². The molecule has 0 bridgehead atoms. The zero-order valence-corrected chi connectivity index (χ0v) is 19.2. The van der Waals surface area contributed by atoms with Gasteiger partial charge in [-0.25, -0.2) is 9.38 Å². The number of fused-ring (bicyclic) bond motifs is 1. The SMILES string of the molecule is Cc1cc2c(cc1C)N=C(c1ccccc1)CC(SCC(=O)Nc1ccc(F)c(Cl)c1)=N2. The van der Waals surface area contributed by atoms with Crippen LogP contribution in [0.15, 0.2) is 70.6 Å². The van der Waals surface area contributed by atoms with Gasteiger partial charge in [-0.2, -0.15) is 0 Å². The minimum atomic E-state index is -0.524. The molecule has 0 saturated carbocycles. The number of benzene rings is 3. The Kier molecular flexibility index (Phi) is 6.72. The molecule has 0 aliphatic carbocycles. The smallest absolute Gasteiger partial charge is 0.234 e. The number of aliphatic imine (C=N–C) groups is 2. The summed E-state index contributed by atoms with van der Waals surface area (Å²) in [5, 5.41) is 3.52. The van der Waals surface area contributed by atoms with Crippen LogP contribution in [0.2, 0.25) is 5.02 Å². The van der Waals surface area contributed by atoms with Crippen LogP contribution in [-0.4, -0.2) is 22.4 Å². The Bertz CT molecular complexity index is 1240. The number of carbonyl (C=O) groups excluding carboxylic acids is 1. The van der Waals surface area contributed by atoms with Gasteiger partial charge >= 0.3 is 0 Å². The summed E-state index contributed by atoms with van der Waals surface area (Å²) in [6, 6.07) is 18.2. The maximum absolute atomic E-state index is 13.3. The van der Waals surface area contributed by atoms with Crippen molar-refractivity contribution in [1.29, 1.82) is 0 Å². The number of nitrogens with zero attached hydrogens (tertiary/aromatic N) is 2. The molecule has 32 heavy (non-hydrogen) atoms. The maximum Gasteiger partial charge on any atom is 0.234 e. The molecule has 1 heterocycles. The maximum atomic E-state index is 13.3. The predicted octanol–water partition coefficient (Wildman–Crippen LogP) is 7.02. The van der Waals surface area contributed by atoms with Crippen molar-refractivity contribution in [3.63, 3.8) is 0 Å². The standard InChI is InChI=1S/C25H21ClFN3OS/c1-15-10-22-23(11-16(15)2)30-25(13-21(29-22)17-6-4-3-5-7-17)32-14-24(31)28-18-8-9-20(27)19(26)12-18/h3-12H,13-14H2,1-2H3,(H,28,31). The Morgan fingerprint density at radius 2 is 1.72 bits per heavy atom. The van der Waals surface area contributed by atoms with Crippen molar-refractivity contribution in [2.24, 2.45) is 9.98 Å². The molecule has 7 heteroatoms. The number of anilines is 1. The van der Waals surface area contributed by atoms with Crippen LogP contribution < -0.4 is 5.32 Å². The second kappa shape index (κ2) is 9.67. The Labute approximate surface area is 195 Å². The van der Waals surface area contributed by atoms with Crippen molar-refractivity contribution < 1.29 is 9.18 Å². The number of halogens is 2. The molecule has 3 aromatic rings. The molecule has 1 aliphatic rings. The van der Waals surface area contributed by atoms with Gasteiger partial charge < -0.3 is 5.32 Å². The fourth-order valence-electron chi connectivity index (χ4n) is 3.27. The van der Waals surface area contributed by atoms with Gasteiger partial charge in [0.1, 0.15) is 5.82 Å². The summed E-state index contributed by atoms with van der Waals surface area (Å²) in [5.41, 5.74) is 6.31. The molecular formula is C25H21ClFN3OS. The van der Waals surface area contributed by atoms with E-state index in [0.29, 0.717) is 12.1 Å². The summed E-state index contributed by atoms with van der Waals surface area (Å²) >= 11 is 7.16. The van der Waals surface area contributed by atoms with Gasteiger partial charge in [-0.1, -0.05) is 41.9 Å². The lowest BCUT2D eigenvalue weighted by molar-refractivity contribution is -0.113. The van der Waals surface area contributed by atoms with Gasteiger partial charge in [0.05, 0.1) is 32.9 Å². The van der Waals surface area contributed by atoms with Gasteiger partial charge in [-0.15, -0.1) is 11.8 Å². The number of hydrogen-bond donors (Lipinski definition) is 1. The van der Waals surface area contributed by atoms with E-state index in [0.717, 1.165) is 38.8 Å². The highest BCUT2D eigenvalue weighted by atomic mass is 35.5. The summed E-state index contributed by atoms with van der Waals surface area (Å²) in [6.07, 6.45) is 0.525. The number of thioether (sulfide) groups is 1. The molecule has 4 rings (SSSR count). The highest BCUT2D eigenvalue weighted by molar-refractivity contribution is 8.14. The fraction of sp³-hybridized carbons (Fsp3) is 0.160. The summed E-state index contributed by atoms with van der Waals surface area (Å²) in [5.74, 6) is -0.581. The number of amides is 1. The van der Waals surface area contributed by atoms with Crippen molar-refractivity contribution in [3.05, 3.63) is 88.2 Å². The van der Waals surface area contributed by atoms with Crippen LogP contribution in [0, 0.1) is 19.7 Å². The van der Waals surface area contributed by atoms with Crippen LogP contribution >= 0.6 is 23.4 Å². The highest BCUT2D eigenvalue weighted by Gasteiger charge is 2.17. The first-order valence-electron chi connectivity index (χ1n) is 10.1. The van der Waals surface area contributed by atoms with E-state index < -0.39 is 5.82 Å². The van der Waals surface area contributed by atoms with Gasteiger partial charge in [0.25, 0.3) is 0 Å². The van der Waals surface area contributed by atoms with Gasteiger partial charge in [-0.05, 0) is 60.9 Å². The highest BCUT2D eigenvalue weighted by Crippen LogP contribution is 2.36. The van der Waals surface area contributed by atoms with E-state index in [1.807, 2.05) is 43.3 Å². The Morgan fingerprint density at radius 3 is 2.41 bits per heavy atom. The summed E-state index contributed by atoms with van der Waals surface area (Å²) in [4.78, 5) is 22.2. The third-order valence-corrected chi connectivity index (χ3v) is 6.36. The first kappa shape index (κ1) is 22.2. The van der Waals surface area contributed by atoms with Crippen molar-refractivity contribution in [2.45, 2.75) is 20.3 Å². The largest absolute Gasteiger partial charge is 0.325 e. The first-order chi connectivity index (χ1) is 15.4. The molecule has 0 fully saturated rings. The average Bonchev–Trinajstić information content (AvgIpc) is 2.95. The molecule has 162 valence electrons. The zero-order valence-electron chi connectivity index (χ0n) is 17.7. The minimum Gasteiger partial charge on any atom is -0.325 e. The molecule has 0 spiro atoms. The lowest BCUT2D eigenvalue weighted by Gasteiger charge is -2.08. The van der Waals surface area contributed by atoms with Crippen LogP contribution in [0.4, 0.5) is 21.5 Å². The number of hydrogen-bond acceptors (Lipinski definition) is 4. The molecule has 0 aromatic heterocycles. The normalized spacial score (nSPS) is 13.0. The fourth-order valence-corrected chi connectivity index (χ4v) is 4.22. The van der Waals surface area contributed by atoms with Gasteiger partial charge in [0.2, 0.25) is 5.91 Å². The van der Waals surface area contributed by atoms with E-state index in [2.05, 4.69) is 18.3 Å². The van der Waals surface area contributed by atoms with Gasteiger partial charge in [0.15, 0.2) is 0 Å². The number of nitrogens with one attached hydrogen (secondary N) is 1. The number of carbonyl (C=O) groups is 1. The van der Waals surface area contributed by atoms with E-state index in [4.69, 9.17) is 21.6 Å². The second-order valence-corrected chi connectivity index (χ2v) is 8.95. The molecule has 0 radical (unpaired) electrons. The van der Waals surface area contributed by atoms with Crippen molar-refractivity contribution in [1.82, 2.24) is 0 Å². The molecule has 0 saturated heterocycles. The first-order valence-corrected chi connectivity index (χ1v) is 11.4. The summed E-state index contributed by atoms with van der Waals surface area (Å²) < 4.78 is 13.3. The molecule has 0 unspecified atom stereocenters. The summed E-state index contributed by atoms with van der Waals surface area (Å²) in [7, 11) is 0. The van der Waals surface area contributed by atoms with E-state index in [9.17, 15) is 9.18 Å². The third kappa shape index (κ3) is 5.26. The van der Waals surface area contributed by atoms with Crippen LogP contribution in [0.3, 0.4) is 0 Å². The predicted molar refractivity (Wildman–Crippen MR) is 133 cm³/mol. The monoisotopic (exact) mass is 465 g/mol. The second-order valence-electron chi connectivity index (χ2n) is 7.50. The van der Waals surface area contributed by atoms with Gasteiger partial charge in [-0.3, -0.25) is 9.79 Å². The van der Waals surface area contributed by atoms with Crippen LogP contribution in [-0.2, 0) is 4.79 Å². The van der Waals surface area contributed by atoms with Crippen LogP contribution in [0.25, 0.3) is 0 Å². The molecule has 0 atom stereocenters. The van der Waals surface area contributed by atoms with Crippen LogP contribution in [0.1, 0.15) is 23.1 Å².